The summed E-state index contributed by atoms with van der Waals surface area (Å²) >= 11 is 0. The zero-order valence-electron chi connectivity index (χ0n) is 9.27. The summed E-state index contributed by atoms with van der Waals surface area (Å²) in [5.41, 5.74) is 0. The second-order valence-electron chi connectivity index (χ2n) is 3.75. The topological polar surface area (TPSA) is 84.9 Å². The van der Waals surface area contributed by atoms with Gasteiger partial charge in [-0.25, -0.2) is 0 Å². The summed E-state index contributed by atoms with van der Waals surface area (Å²) in [5.74, 6) is -1.55. The van der Waals surface area contributed by atoms with Crippen LogP contribution in [-0.4, -0.2) is 49.5 Å². The van der Waals surface area contributed by atoms with Gasteiger partial charge < -0.3 is 19.9 Å². The van der Waals surface area contributed by atoms with E-state index in [4.69, 9.17) is 14.6 Å². The van der Waals surface area contributed by atoms with Crippen LogP contribution in [0, 0.1) is 5.92 Å². The van der Waals surface area contributed by atoms with Gasteiger partial charge in [-0.05, 0) is 6.42 Å². The maximum absolute atomic E-state index is 11.5. The number of nitrogens with one attached hydrogen (secondary N) is 1. The second kappa shape index (κ2) is 6.44. The molecule has 0 aromatic rings. The lowest BCUT2D eigenvalue weighted by atomic mass is 10.1. The number of carboxylic acid groups (broad SMARTS) is 1. The van der Waals surface area contributed by atoms with Gasteiger partial charge in [0, 0.05) is 6.54 Å². The smallest absolute Gasteiger partial charge is 0.306 e. The van der Waals surface area contributed by atoms with E-state index >= 15 is 0 Å². The maximum Gasteiger partial charge on any atom is 0.306 e. The van der Waals surface area contributed by atoms with Crippen molar-refractivity contribution in [2.45, 2.75) is 19.4 Å². The van der Waals surface area contributed by atoms with E-state index in [1.165, 1.54) is 0 Å². The van der Waals surface area contributed by atoms with Crippen LogP contribution < -0.4 is 5.32 Å². The minimum absolute atomic E-state index is 0.239. The highest BCUT2D eigenvalue weighted by atomic mass is 16.6. The van der Waals surface area contributed by atoms with Crippen LogP contribution in [-0.2, 0) is 19.1 Å². The molecule has 2 N–H and O–H groups in total. The summed E-state index contributed by atoms with van der Waals surface area (Å²) in [6.45, 7) is 3.14. The van der Waals surface area contributed by atoms with E-state index in [9.17, 15) is 9.59 Å². The summed E-state index contributed by atoms with van der Waals surface area (Å²) in [6.07, 6.45) is -0.150. The summed E-state index contributed by atoms with van der Waals surface area (Å²) < 4.78 is 10.3. The quantitative estimate of drug-likeness (QED) is 0.674. The van der Waals surface area contributed by atoms with Crippen LogP contribution in [0.1, 0.15) is 13.3 Å². The Bertz CT molecular complexity index is 250. The molecule has 1 rings (SSSR count). The minimum Gasteiger partial charge on any atom is -0.481 e. The molecule has 0 bridgehead atoms. The number of carbonyl (C=O) groups is 2. The Morgan fingerprint density at radius 2 is 2.25 bits per heavy atom. The van der Waals surface area contributed by atoms with Crippen LogP contribution in [0.15, 0.2) is 0 Å². The SMILES string of the molecule is CC(CCNC(=O)C1COCCO1)C(=O)O. The average molecular weight is 231 g/mol. The van der Waals surface area contributed by atoms with E-state index in [1.54, 1.807) is 6.92 Å². The molecule has 1 aliphatic rings. The molecule has 2 unspecified atom stereocenters. The standard InChI is InChI=1S/C10H17NO5/c1-7(10(13)14)2-3-11-9(12)8-6-15-4-5-16-8/h7-8H,2-6H2,1H3,(H,11,12)(H,13,14). The molecular formula is C10H17NO5. The molecule has 0 aromatic heterocycles. The number of hydrogen-bond donors (Lipinski definition) is 2. The molecule has 0 radical (unpaired) electrons. The highest BCUT2D eigenvalue weighted by Crippen LogP contribution is 2.02. The number of carbonyl (C=O) groups excluding carboxylic acids is 1. The molecule has 0 saturated carbocycles. The van der Waals surface area contributed by atoms with Crippen molar-refractivity contribution in [3.8, 4) is 0 Å². The van der Waals surface area contributed by atoms with Crippen molar-refractivity contribution in [3.05, 3.63) is 0 Å². The number of aliphatic carboxylic acids is 1. The van der Waals surface area contributed by atoms with Crippen molar-refractivity contribution in [2.75, 3.05) is 26.4 Å². The van der Waals surface area contributed by atoms with E-state index in [0.717, 1.165) is 0 Å². The summed E-state index contributed by atoms with van der Waals surface area (Å²) in [6, 6.07) is 0. The fourth-order valence-corrected chi connectivity index (χ4v) is 1.29. The average Bonchev–Trinajstić information content (AvgIpc) is 2.29. The predicted octanol–water partition coefficient (Wildman–Crippen LogP) is -0.371. The van der Waals surface area contributed by atoms with Gasteiger partial charge >= 0.3 is 5.97 Å². The van der Waals surface area contributed by atoms with E-state index in [-0.39, 0.29) is 12.5 Å². The molecule has 0 aromatic carbocycles. The lowest BCUT2D eigenvalue weighted by molar-refractivity contribution is -0.148. The van der Waals surface area contributed by atoms with Gasteiger partial charge in [-0.1, -0.05) is 6.92 Å². The molecule has 0 spiro atoms. The monoisotopic (exact) mass is 231 g/mol. The molecule has 92 valence electrons. The van der Waals surface area contributed by atoms with Crippen molar-refractivity contribution in [3.63, 3.8) is 0 Å². The van der Waals surface area contributed by atoms with Gasteiger partial charge in [0.25, 0.3) is 5.91 Å². The van der Waals surface area contributed by atoms with Gasteiger partial charge in [-0.3, -0.25) is 9.59 Å². The van der Waals surface area contributed by atoms with Crippen LogP contribution >= 0.6 is 0 Å². The Hall–Kier alpha value is -1.14. The maximum atomic E-state index is 11.5. The van der Waals surface area contributed by atoms with Gasteiger partial charge in [-0.15, -0.1) is 0 Å². The highest BCUT2D eigenvalue weighted by Gasteiger charge is 2.22. The van der Waals surface area contributed by atoms with Gasteiger partial charge in [-0.2, -0.15) is 0 Å². The third-order valence-electron chi connectivity index (χ3n) is 2.41. The Balaban J connectivity index is 2.16. The Morgan fingerprint density at radius 3 is 2.81 bits per heavy atom. The van der Waals surface area contributed by atoms with E-state index in [0.29, 0.717) is 26.2 Å². The Labute approximate surface area is 93.9 Å². The fraction of sp³-hybridized carbons (Fsp3) is 0.800. The van der Waals surface area contributed by atoms with Crippen molar-refractivity contribution in [2.24, 2.45) is 5.92 Å². The number of amides is 1. The predicted molar refractivity (Wildman–Crippen MR) is 55.0 cm³/mol. The first-order valence-corrected chi connectivity index (χ1v) is 5.31. The number of rotatable bonds is 5. The van der Waals surface area contributed by atoms with Crippen molar-refractivity contribution in [1.82, 2.24) is 5.32 Å². The zero-order valence-corrected chi connectivity index (χ0v) is 9.27. The zero-order chi connectivity index (χ0) is 12.0. The molecular weight excluding hydrogens is 214 g/mol. The number of ether oxygens (including phenoxy) is 2. The number of carboxylic acids is 1. The van der Waals surface area contributed by atoms with E-state index in [2.05, 4.69) is 5.32 Å². The minimum atomic E-state index is -0.855. The van der Waals surface area contributed by atoms with Gasteiger partial charge in [0.2, 0.25) is 0 Å². The van der Waals surface area contributed by atoms with Gasteiger partial charge in [0.15, 0.2) is 6.10 Å². The largest absolute Gasteiger partial charge is 0.481 e. The van der Waals surface area contributed by atoms with Crippen molar-refractivity contribution < 1.29 is 24.2 Å². The van der Waals surface area contributed by atoms with Crippen LogP contribution in [0.2, 0.25) is 0 Å². The molecule has 1 amide bonds. The molecule has 1 saturated heterocycles. The fourth-order valence-electron chi connectivity index (χ4n) is 1.29. The van der Waals surface area contributed by atoms with E-state index in [1.807, 2.05) is 0 Å². The molecule has 16 heavy (non-hydrogen) atoms. The third kappa shape index (κ3) is 4.16. The van der Waals surface area contributed by atoms with E-state index < -0.39 is 18.0 Å². The third-order valence-corrected chi connectivity index (χ3v) is 2.41. The summed E-state index contributed by atoms with van der Waals surface area (Å²) in [4.78, 5) is 22.0. The summed E-state index contributed by atoms with van der Waals surface area (Å²) in [7, 11) is 0. The lowest BCUT2D eigenvalue weighted by Crippen LogP contribution is -2.43. The van der Waals surface area contributed by atoms with Gasteiger partial charge in [0.05, 0.1) is 25.7 Å². The Morgan fingerprint density at radius 1 is 1.50 bits per heavy atom. The van der Waals surface area contributed by atoms with Crippen LogP contribution in [0.25, 0.3) is 0 Å². The van der Waals surface area contributed by atoms with Crippen LogP contribution in [0.5, 0.6) is 0 Å². The molecule has 1 heterocycles. The van der Waals surface area contributed by atoms with Crippen molar-refractivity contribution >= 4 is 11.9 Å². The highest BCUT2D eigenvalue weighted by molar-refractivity contribution is 5.81. The Kier molecular flexibility index (Phi) is 5.21. The second-order valence-corrected chi connectivity index (χ2v) is 3.75. The first kappa shape index (κ1) is 12.9. The number of hydrogen-bond acceptors (Lipinski definition) is 4. The molecule has 6 nitrogen and oxygen atoms in total. The first-order valence-electron chi connectivity index (χ1n) is 5.31. The molecule has 1 fully saturated rings. The molecule has 2 atom stereocenters. The van der Waals surface area contributed by atoms with Crippen LogP contribution in [0.3, 0.4) is 0 Å². The first-order chi connectivity index (χ1) is 7.61. The van der Waals surface area contributed by atoms with Gasteiger partial charge in [0.1, 0.15) is 0 Å². The van der Waals surface area contributed by atoms with Crippen molar-refractivity contribution in [1.29, 1.82) is 0 Å². The summed E-state index contributed by atoms with van der Waals surface area (Å²) in [5, 5.41) is 11.3. The van der Waals surface area contributed by atoms with Crippen LogP contribution in [0.4, 0.5) is 0 Å². The molecule has 6 heteroatoms. The normalized spacial score (nSPS) is 22.4. The lowest BCUT2D eigenvalue weighted by Gasteiger charge is -2.22. The molecule has 1 aliphatic heterocycles. The molecule has 0 aliphatic carbocycles.